The van der Waals surface area contributed by atoms with Crippen LogP contribution < -0.4 is 5.73 Å². The normalized spacial score (nSPS) is 25.3. The summed E-state index contributed by atoms with van der Waals surface area (Å²) < 4.78 is 23.8. The first-order valence-corrected chi connectivity index (χ1v) is 12.1. The van der Waals surface area contributed by atoms with Gasteiger partial charge in [-0.15, -0.1) is 0 Å². The number of hydrogen-bond acceptors (Lipinski definition) is 6. The average Bonchev–Trinajstić information content (AvgIpc) is 2.81. The van der Waals surface area contributed by atoms with E-state index in [1.165, 1.54) is 7.11 Å². The number of rotatable bonds is 6. The number of β-lactam (4-membered cyclic amide) rings is 1. The minimum Gasteiger partial charge on any atom is -0.448 e. The molecule has 1 saturated heterocycles. The third-order valence-corrected chi connectivity index (χ3v) is 7.79. The summed E-state index contributed by atoms with van der Waals surface area (Å²) in [6.07, 6.45) is -0.675. The summed E-state index contributed by atoms with van der Waals surface area (Å²) in [6.45, 7) is 0. The third kappa shape index (κ3) is 3.65. The van der Waals surface area contributed by atoms with E-state index in [4.69, 9.17) is 15.2 Å². The fourth-order valence-electron chi connectivity index (χ4n) is 3.83. The zero-order valence-corrected chi connectivity index (χ0v) is 19.1. The Hall–Kier alpha value is -2.33. The van der Waals surface area contributed by atoms with Crippen molar-refractivity contribution in [2.45, 2.75) is 17.2 Å². The lowest BCUT2D eigenvalue weighted by molar-refractivity contribution is -0.184. The fourth-order valence-corrected chi connectivity index (χ4v) is 6.32. The van der Waals surface area contributed by atoms with E-state index in [2.05, 4.69) is 15.9 Å². The lowest BCUT2D eigenvalue weighted by Crippen LogP contribution is -2.81. The Morgan fingerprint density at radius 1 is 1.19 bits per heavy atom. The second-order valence-electron chi connectivity index (χ2n) is 7.24. The van der Waals surface area contributed by atoms with Crippen molar-refractivity contribution in [1.82, 2.24) is 4.90 Å². The highest BCUT2D eigenvalue weighted by molar-refractivity contribution is 9.09. The Kier molecular flexibility index (Phi) is 6.11. The monoisotopic (exact) mass is 504 g/mol. The molecule has 1 fully saturated rings. The lowest BCUT2D eigenvalue weighted by Gasteiger charge is -2.53. The molecule has 31 heavy (non-hydrogen) atoms. The van der Waals surface area contributed by atoms with Crippen LogP contribution in [0.15, 0.2) is 71.9 Å². The molecule has 0 saturated carbocycles. The van der Waals surface area contributed by atoms with Gasteiger partial charge in [0, 0.05) is 12.4 Å². The summed E-state index contributed by atoms with van der Waals surface area (Å²) in [5.74, 6) is -1.21. The van der Waals surface area contributed by atoms with Crippen molar-refractivity contribution in [3.05, 3.63) is 83.1 Å². The van der Waals surface area contributed by atoms with E-state index < -0.39 is 39.9 Å². The van der Waals surface area contributed by atoms with Crippen LogP contribution in [-0.4, -0.2) is 50.3 Å². The summed E-state index contributed by atoms with van der Waals surface area (Å²) in [7, 11) is -0.224. The number of methoxy groups -OCH3 is 1. The molecule has 0 aromatic heterocycles. The van der Waals surface area contributed by atoms with Gasteiger partial charge in [-0.05, 0) is 16.7 Å². The molecule has 2 aromatic carbocycles. The molecule has 0 radical (unpaired) electrons. The van der Waals surface area contributed by atoms with Crippen LogP contribution in [0.5, 0.6) is 0 Å². The number of hydrogen-bond donors (Lipinski definition) is 1. The minimum atomic E-state index is -1.72. The number of alkyl halides is 1. The molecular formula is C22H21BrN2O5S. The number of benzene rings is 2. The first kappa shape index (κ1) is 21.9. The number of nitrogens with two attached hydrogens (primary N) is 1. The van der Waals surface area contributed by atoms with Crippen LogP contribution in [0.25, 0.3) is 0 Å². The third-order valence-electron chi connectivity index (χ3n) is 5.42. The molecule has 0 spiro atoms. The van der Waals surface area contributed by atoms with Crippen molar-refractivity contribution in [2.24, 2.45) is 5.73 Å². The second-order valence-corrected chi connectivity index (χ2v) is 9.30. The van der Waals surface area contributed by atoms with Gasteiger partial charge in [0.25, 0.3) is 5.91 Å². The summed E-state index contributed by atoms with van der Waals surface area (Å²) >= 11 is 3.34. The zero-order chi connectivity index (χ0) is 22.2. The van der Waals surface area contributed by atoms with Crippen LogP contribution in [0.3, 0.4) is 0 Å². The fraction of sp³-hybridized carbons (Fsp3) is 0.273. The van der Waals surface area contributed by atoms with E-state index in [1.807, 2.05) is 60.7 Å². The lowest BCUT2D eigenvalue weighted by atomic mass is 9.99. The number of halogens is 1. The minimum absolute atomic E-state index is 0.0708. The molecule has 2 aliphatic rings. The van der Waals surface area contributed by atoms with Gasteiger partial charge in [0.2, 0.25) is 5.72 Å². The van der Waals surface area contributed by atoms with Gasteiger partial charge in [-0.3, -0.25) is 19.6 Å². The summed E-state index contributed by atoms with van der Waals surface area (Å²) in [5.41, 5.74) is 6.49. The van der Waals surface area contributed by atoms with Crippen molar-refractivity contribution in [2.75, 3.05) is 18.2 Å². The van der Waals surface area contributed by atoms with E-state index >= 15 is 0 Å². The molecule has 7 nitrogen and oxygen atoms in total. The van der Waals surface area contributed by atoms with Gasteiger partial charge in [-0.1, -0.05) is 76.6 Å². The number of carbonyl (C=O) groups excluding carboxylic acids is 2. The van der Waals surface area contributed by atoms with Gasteiger partial charge in [0.05, 0.1) is 16.6 Å². The average molecular weight is 505 g/mol. The summed E-state index contributed by atoms with van der Waals surface area (Å²) in [6, 6.07) is 18.7. The smallest absolute Gasteiger partial charge is 0.356 e. The van der Waals surface area contributed by atoms with Gasteiger partial charge < -0.3 is 9.47 Å². The summed E-state index contributed by atoms with van der Waals surface area (Å²) in [4.78, 5) is 27.3. The second kappa shape index (κ2) is 8.66. The number of fused-ring (bicyclic) bond motifs is 1. The molecule has 162 valence electrons. The largest absolute Gasteiger partial charge is 0.448 e. The van der Waals surface area contributed by atoms with E-state index in [0.29, 0.717) is 5.57 Å². The zero-order valence-electron chi connectivity index (χ0n) is 16.7. The number of esters is 1. The van der Waals surface area contributed by atoms with Gasteiger partial charge >= 0.3 is 5.97 Å². The highest BCUT2D eigenvalue weighted by atomic mass is 79.9. The number of amides is 1. The Balaban J connectivity index is 1.71. The molecule has 1 amide bonds. The molecule has 2 N–H and O–H groups in total. The van der Waals surface area contributed by atoms with Crippen molar-refractivity contribution < 1.29 is 23.3 Å². The van der Waals surface area contributed by atoms with Gasteiger partial charge in [-0.25, -0.2) is 4.79 Å². The van der Waals surface area contributed by atoms with Crippen molar-refractivity contribution in [3.63, 3.8) is 0 Å². The molecule has 2 aliphatic heterocycles. The first-order valence-electron chi connectivity index (χ1n) is 9.56. The van der Waals surface area contributed by atoms with Crippen LogP contribution in [0, 0.1) is 0 Å². The predicted molar refractivity (Wildman–Crippen MR) is 119 cm³/mol. The Bertz CT molecular complexity index is 1020. The van der Waals surface area contributed by atoms with E-state index in [-0.39, 0.29) is 16.8 Å². The Morgan fingerprint density at radius 2 is 1.74 bits per heavy atom. The van der Waals surface area contributed by atoms with Crippen molar-refractivity contribution >= 4 is 38.6 Å². The molecular weight excluding hydrogens is 484 g/mol. The van der Waals surface area contributed by atoms with Gasteiger partial charge in [0.15, 0.2) is 11.5 Å². The topological polar surface area (TPSA) is 98.9 Å². The summed E-state index contributed by atoms with van der Waals surface area (Å²) in [5, 5.41) is -0.673. The molecule has 9 heteroatoms. The van der Waals surface area contributed by atoms with E-state index in [1.54, 1.807) is 0 Å². The van der Waals surface area contributed by atoms with Crippen LogP contribution in [0.1, 0.15) is 17.2 Å². The SMILES string of the molecule is CO[C@@]1(N)C(=O)N2C(C(=O)OC(c3ccccc3)c3ccccc3)=C(CBr)CS(=O)[C@@H]21. The number of carbonyl (C=O) groups is 2. The predicted octanol–water partition coefficient (Wildman–Crippen LogP) is 2.20. The maximum Gasteiger partial charge on any atom is 0.356 e. The number of nitrogens with zero attached hydrogens (tertiary/aromatic N) is 1. The van der Waals surface area contributed by atoms with Gasteiger partial charge in [-0.2, -0.15) is 0 Å². The quantitative estimate of drug-likeness (QED) is 0.280. The standard InChI is InChI=1S/C22H21BrN2O5S/c1-29-22(24)20(27)25-17(16(12-23)13-31(28)21(22)25)19(26)30-18(14-8-4-2-5-9-14)15-10-6-3-7-11-15/h2-11,18,21H,12-13,24H2,1H3/t21-,22+,31?/m1/s1. The molecule has 4 rings (SSSR count). The van der Waals surface area contributed by atoms with Crippen LogP contribution in [0.4, 0.5) is 0 Å². The van der Waals surface area contributed by atoms with Gasteiger partial charge in [0.1, 0.15) is 5.70 Å². The highest BCUT2D eigenvalue weighted by Gasteiger charge is 2.66. The molecule has 3 atom stereocenters. The Morgan fingerprint density at radius 3 is 2.23 bits per heavy atom. The maximum atomic E-state index is 13.4. The van der Waals surface area contributed by atoms with Crippen LogP contribution in [-0.2, 0) is 29.9 Å². The van der Waals surface area contributed by atoms with Crippen molar-refractivity contribution in [3.8, 4) is 0 Å². The Labute approximate surface area is 190 Å². The van der Waals surface area contributed by atoms with Crippen molar-refractivity contribution in [1.29, 1.82) is 0 Å². The molecule has 2 heterocycles. The molecule has 2 aromatic rings. The van der Waals surface area contributed by atoms with Crippen LogP contribution >= 0.6 is 15.9 Å². The van der Waals surface area contributed by atoms with E-state index in [9.17, 15) is 13.8 Å². The first-order chi connectivity index (χ1) is 14.9. The molecule has 0 aliphatic carbocycles. The van der Waals surface area contributed by atoms with Crippen LogP contribution in [0.2, 0.25) is 0 Å². The maximum absolute atomic E-state index is 13.4. The van der Waals surface area contributed by atoms with E-state index in [0.717, 1.165) is 16.0 Å². The molecule has 0 bridgehead atoms. The number of ether oxygens (including phenoxy) is 2. The molecule has 1 unspecified atom stereocenters. The highest BCUT2D eigenvalue weighted by Crippen LogP contribution is 2.41.